The summed E-state index contributed by atoms with van der Waals surface area (Å²) in [5.74, 6) is -0.834. The molecule has 2 saturated carbocycles. The smallest absolute Gasteiger partial charge is 0.334 e. The number of aliphatic hydroxyl groups is 3. The van der Waals surface area contributed by atoms with Crippen molar-refractivity contribution in [3.8, 4) is 0 Å². The van der Waals surface area contributed by atoms with Crippen LogP contribution in [0.4, 0.5) is 0 Å². The summed E-state index contributed by atoms with van der Waals surface area (Å²) < 4.78 is 5.71. The monoisotopic (exact) mass is 470 g/mol. The molecular formula is C28H38O6. The van der Waals surface area contributed by atoms with E-state index in [1.165, 1.54) is 6.08 Å². The van der Waals surface area contributed by atoms with E-state index in [1.807, 2.05) is 19.9 Å². The van der Waals surface area contributed by atoms with Crippen molar-refractivity contribution in [3.63, 3.8) is 0 Å². The highest BCUT2D eigenvalue weighted by Gasteiger charge is 2.70. The molecule has 0 amide bonds. The average Bonchev–Trinajstić information content (AvgIpc) is 3.06. The van der Waals surface area contributed by atoms with Gasteiger partial charge in [0.25, 0.3) is 0 Å². The second-order valence-electron chi connectivity index (χ2n) is 12.2. The van der Waals surface area contributed by atoms with Gasteiger partial charge in [-0.25, -0.2) is 4.79 Å². The summed E-state index contributed by atoms with van der Waals surface area (Å²) in [6, 6.07) is 0. The first-order valence-corrected chi connectivity index (χ1v) is 12.7. The van der Waals surface area contributed by atoms with Crippen LogP contribution in [0.3, 0.4) is 0 Å². The Bertz CT molecular complexity index is 1040. The van der Waals surface area contributed by atoms with E-state index in [0.717, 1.165) is 17.6 Å². The number of rotatable bonds is 2. The zero-order valence-electron chi connectivity index (χ0n) is 20.9. The third-order valence-corrected chi connectivity index (χ3v) is 10.9. The number of esters is 1. The summed E-state index contributed by atoms with van der Waals surface area (Å²) in [6.45, 7) is 9.43. The van der Waals surface area contributed by atoms with Crippen molar-refractivity contribution in [2.24, 2.45) is 28.6 Å². The zero-order chi connectivity index (χ0) is 24.8. The quantitative estimate of drug-likeness (QED) is 0.422. The molecule has 0 aromatic rings. The van der Waals surface area contributed by atoms with Gasteiger partial charge in [0, 0.05) is 17.4 Å². The van der Waals surface area contributed by atoms with Gasteiger partial charge in [-0.2, -0.15) is 0 Å². The van der Waals surface area contributed by atoms with E-state index >= 15 is 0 Å². The predicted octanol–water partition coefficient (Wildman–Crippen LogP) is 3.40. The van der Waals surface area contributed by atoms with Gasteiger partial charge in [0.1, 0.15) is 11.7 Å². The molecule has 9 atom stereocenters. The third kappa shape index (κ3) is 2.85. The van der Waals surface area contributed by atoms with Crippen molar-refractivity contribution in [3.05, 3.63) is 34.9 Å². The van der Waals surface area contributed by atoms with Gasteiger partial charge in [-0.15, -0.1) is 0 Å². The van der Waals surface area contributed by atoms with Crippen LogP contribution in [-0.2, 0) is 14.3 Å². The van der Waals surface area contributed by atoms with Crippen molar-refractivity contribution in [2.45, 2.75) is 96.6 Å². The van der Waals surface area contributed by atoms with Crippen LogP contribution in [0.2, 0.25) is 0 Å². The van der Waals surface area contributed by atoms with E-state index in [9.17, 15) is 24.9 Å². The Hall–Kier alpha value is -1.76. The molecule has 6 nitrogen and oxygen atoms in total. The number of carbonyl (C=O) groups is 2. The number of allylic oxidation sites excluding steroid dienone is 2. The Morgan fingerprint density at radius 3 is 2.50 bits per heavy atom. The van der Waals surface area contributed by atoms with Crippen LogP contribution in [0, 0.1) is 28.6 Å². The predicted molar refractivity (Wildman–Crippen MR) is 126 cm³/mol. The van der Waals surface area contributed by atoms with E-state index in [1.54, 1.807) is 19.9 Å². The van der Waals surface area contributed by atoms with Crippen LogP contribution >= 0.6 is 0 Å². The van der Waals surface area contributed by atoms with Crippen molar-refractivity contribution in [1.29, 1.82) is 0 Å². The third-order valence-electron chi connectivity index (χ3n) is 10.9. The average molecular weight is 471 g/mol. The Kier molecular flexibility index (Phi) is 5.20. The molecule has 2 fully saturated rings. The van der Waals surface area contributed by atoms with Crippen molar-refractivity contribution in [1.82, 2.24) is 0 Å². The lowest BCUT2D eigenvalue weighted by Crippen LogP contribution is -2.64. The number of aliphatic hydroxyl groups excluding tert-OH is 1. The fourth-order valence-electron chi connectivity index (χ4n) is 8.55. The van der Waals surface area contributed by atoms with Crippen LogP contribution in [0.1, 0.15) is 73.1 Å². The van der Waals surface area contributed by atoms with E-state index < -0.39 is 34.2 Å². The summed E-state index contributed by atoms with van der Waals surface area (Å²) in [5, 5.41) is 34.8. The number of ether oxygens (including phenoxy) is 1. The molecule has 186 valence electrons. The van der Waals surface area contributed by atoms with Crippen LogP contribution in [-0.4, -0.2) is 50.5 Å². The Labute approximate surface area is 201 Å². The lowest BCUT2D eigenvalue weighted by atomic mass is 9.45. The van der Waals surface area contributed by atoms with E-state index in [2.05, 4.69) is 6.92 Å². The molecule has 1 heterocycles. The van der Waals surface area contributed by atoms with E-state index in [4.69, 9.17) is 4.74 Å². The first kappa shape index (κ1) is 24.0. The first-order chi connectivity index (χ1) is 15.8. The molecular weight excluding hydrogens is 432 g/mol. The van der Waals surface area contributed by atoms with Crippen LogP contribution < -0.4 is 0 Å². The van der Waals surface area contributed by atoms with Gasteiger partial charge in [-0.1, -0.05) is 18.6 Å². The van der Waals surface area contributed by atoms with Gasteiger partial charge >= 0.3 is 5.97 Å². The minimum atomic E-state index is -1.29. The van der Waals surface area contributed by atoms with Gasteiger partial charge in [-0.05, 0) is 95.3 Å². The summed E-state index contributed by atoms with van der Waals surface area (Å²) in [5.41, 5.74) is -1.43. The summed E-state index contributed by atoms with van der Waals surface area (Å²) >= 11 is 0. The highest BCUT2D eigenvalue weighted by Crippen LogP contribution is 2.69. The normalized spacial score (nSPS) is 47.9. The standard InChI is InChI=1S/C28H38O6/c1-15-14-23(34-24(31)16(15)2)27(5,32)21-11-13-28(33)18-6-7-19-20(29)8-9-22(30)26(19,4)17(18)10-12-25(21,28)3/h7-9,17-18,20-21,23,29,32-33H,6,10-14H2,1-5H3/t17?,18?,20-,21?,23?,25+,26+,27+,28+/m0/s1. The van der Waals surface area contributed by atoms with E-state index in [0.29, 0.717) is 37.7 Å². The lowest BCUT2D eigenvalue weighted by Gasteiger charge is -2.61. The van der Waals surface area contributed by atoms with Gasteiger partial charge in [-0.3, -0.25) is 4.79 Å². The summed E-state index contributed by atoms with van der Waals surface area (Å²) in [4.78, 5) is 25.5. The summed E-state index contributed by atoms with van der Waals surface area (Å²) in [7, 11) is 0. The molecule has 0 radical (unpaired) electrons. The fourth-order valence-corrected chi connectivity index (χ4v) is 8.55. The number of hydrogen-bond acceptors (Lipinski definition) is 6. The largest absolute Gasteiger partial charge is 0.456 e. The Balaban J connectivity index is 1.50. The Morgan fingerprint density at radius 2 is 1.82 bits per heavy atom. The van der Waals surface area contributed by atoms with Gasteiger partial charge in [0.2, 0.25) is 0 Å². The molecule has 1 aliphatic heterocycles. The number of fused-ring (bicyclic) bond motifs is 5. The van der Waals surface area contributed by atoms with Gasteiger partial charge < -0.3 is 20.1 Å². The van der Waals surface area contributed by atoms with Crippen LogP contribution in [0.5, 0.6) is 0 Å². The molecule has 3 N–H and O–H groups in total. The van der Waals surface area contributed by atoms with Gasteiger partial charge in [0.15, 0.2) is 5.78 Å². The highest BCUT2D eigenvalue weighted by atomic mass is 16.6. The molecule has 4 unspecified atom stereocenters. The maximum absolute atomic E-state index is 13.1. The molecule has 34 heavy (non-hydrogen) atoms. The van der Waals surface area contributed by atoms with E-state index in [-0.39, 0.29) is 29.5 Å². The maximum atomic E-state index is 13.1. The molecule has 5 rings (SSSR count). The number of hydrogen-bond donors (Lipinski definition) is 3. The molecule has 0 aromatic carbocycles. The lowest BCUT2D eigenvalue weighted by molar-refractivity contribution is -0.214. The molecule has 6 heteroatoms. The second kappa shape index (κ2) is 7.37. The SMILES string of the molecule is CC1=C(C)C(=O)OC([C@](C)(O)C2CC[C@@]3(O)C4CC=C5[C@@H](O)C=CC(=O)[C@]5(C)C4CC[C@]23C)C1. The zero-order valence-corrected chi connectivity index (χ0v) is 20.9. The fraction of sp³-hybridized carbons (Fsp3) is 0.714. The number of cyclic esters (lactones) is 1. The minimum Gasteiger partial charge on any atom is -0.456 e. The minimum absolute atomic E-state index is 0.000697. The summed E-state index contributed by atoms with van der Waals surface area (Å²) in [6.07, 6.45) is 7.28. The molecule has 4 aliphatic carbocycles. The van der Waals surface area contributed by atoms with Gasteiger partial charge in [0.05, 0.1) is 17.1 Å². The number of ketones is 1. The first-order valence-electron chi connectivity index (χ1n) is 12.7. The molecule has 0 spiro atoms. The molecule has 0 saturated heterocycles. The molecule has 0 aromatic heterocycles. The molecule has 0 bridgehead atoms. The molecule has 5 aliphatic rings. The maximum Gasteiger partial charge on any atom is 0.334 e. The number of carbonyl (C=O) groups excluding carboxylic acids is 2. The van der Waals surface area contributed by atoms with Crippen LogP contribution in [0.25, 0.3) is 0 Å². The Morgan fingerprint density at radius 1 is 1.12 bits per heavy atom. The topological polar surface area (TPSA) is 104 Å². The second-order valence-corrected chi connectivity index (χ2v) is 12.2. The van der Waals surface area contributed by atoms with Crippen molar-refractivity contribution in [2.75, 3.05) is 0 Å². The van der Waals surface area contributed by atoms with Crippen LogP contribution in [0.15, 0.2) is 34.9 Å². The van der Waals surface area contributed by atoms with Crippen molar-refractivity contribution < 1.29 is 29.6 Å². The highest BCUT2D eigenvalue weighted by molar-refractivity contribution is 5.99. The van der Waals surface area contributed by atoms with Crippen molar-refractivity contribution >= 4 is 11.8 Å².